The zero-order valence-corrected chi connectivity index (χ0v) is 11.9. The maximum atomic E-state index is 13.8. The van der Waals surface area contributed by atoms with Crippen LogP contribution < -0.4 is 10.1 Å². The molecule has 0 saturated heterocycles. The van der Waals surface area contributed by atoms with Crippen LogP contribution in [0, 0.1) is 12.7 Å². The monoisotopic (exact) mass is 273 g/mol. The Hall–Kier alpha value is -1.87. The molecule has 20 heavy (non-hydrogen) atoms. The molecule has 0 aliphatic carbocycles. The molecule has 0 aromatic heterocycles. The van der Waals surface area contributed by atoms with E-state index in [9.17, 15) is 4.39 Å². The maximum Gasteiger partial charge on any atom is 0.129 e. The van der Waals surface area contributed by atoms with Crippen LogP contribution in [0.25, 0.3) is 0 Å². The number of aryl methyl sites for hydroxylation is 1. The molecule has 0 atom stereocenters. The van der Waals surface area contributed by atoms with Gasteiger partial charge in [-0.15, -0.1) is 0 Å². The largest absolute Gasteiger partial charge is 0.489 e. The van der Waals surface area contributed by atoms with E-state index in [0.717, 1.165) is 30.0 Å². The van der Waals surface area contributed by atoms with Gasteiger partial charge in [0.05, 0.1) is 0 Å². The first-order chi connectivity index (χ1) is 9.69. The van der Waals surface area contributed by atoms with Crippen molar-refractivity contribution in [3.63, 3.8) is 0 Å². The lowest BCUT2D eigenvalue weighted by atomic mass is 10.1. The highest BCUT2D eigenvalue weighted by Crippen LogP contribution is 2.17. The van der Waals surface area contributed by atoms with Crippen molar-refractivity contribution in [2.75, 3.05) is 6.54 Å². The summed E-state index contributed by atoms with van der Waals surface area (Å²) in [7, 11) is 0. The Balaban J connectivity index is 2.04. The summed E-state index contributed by atoms with van der Waals surface area (Å²) >= 11 is 0. The smallest absolute Gasteiger partial charge is 0.129 e. The highest BCUT2D eigenvalue weighted by atomic mass is 19.1. The van der Waals surface area contributed by atoms with E-state index in [1.54, 1.807) is 6.07 Å². The Morgan fingerprint density at radius 2 is 2.00 bits per heavy atom. The van der Waals surface area contributed by atoms with Gasteiger partial charge in [0.25, 0.3) is 0 Å². The first kappa shape index (κ1) is 14.5. The molecule has 0 unspecified atom stereocenters. The third-order valence-electron chi connectivity index (χ3n) is 3.07. The number of halogens is 1. The standard InChI is InChI=1S/C17H20FNO/c1-3-19-11-14-7-8-17(18)15(10-14)12-20-16-6-4-5-13(2)9-16/h4-10,19H,3,11-12H2,1-2H3. The molecule has 3 heteroatoms. The van der Waals surface area contributed by atoms with Gasteiger partial charge in [0.2, 0.25) is 0 Å². The van der Waals surface area contributed by atoms with Crippen molar-refractivity contribution in [3.8, 4) is 5.75 Å². The van der Waals surface area contributed by atoms with Gasteiger partial charge in [-0.2, -0.15) is 0 Å². The fraction of sp³-hybridized carbons (Fsp3) is 0.294. The maximum absolute atomic E-state index is 13.8. The van der Waals surface area contributed by atoms with E-state index in [2.05, 4.69) is 5.32 Å². The lowest BCUT2D eigenvalue weighted by Crippen LogP contribution is -2.12. The molecule has 2 aromatic carbocycles. The normalized spacial score (nSPS) is 10.6. The average Bonchev–Trinajstić information content (AvgIpc) is 2.45. The number of hydrogen-bond acceptors (Lipinski definition) is 2. The van der Waals surface area contributed by atoms with Crippen LogP contribution in [0.1, 0.15) is 23.6 Å². The number of ether oxygens (including phenoxy) is 1. The summed E-state index contributed by atoms with van der Waals surface area (Å²) in [6, 6.07) is 12.9. The van der Waals surface area contributed by atoms with Gasteiger partial charge in [0.15, 0.2) is 0 Å². The van der Waals surface area contributed by atoms with Crippen LogP contribution in [0.15, 0.2) is 42.5 Å². The fourth-order valence-electron chi connectivity index (χ4n) is 1.98. The molecular formula is C17H20FNO. The molecule has 0 saturated carbocycles. The highest BCUT2D eigenvalue weighted by molar-refractivity contribution is 5.29. The van der Waals surface area contributed by atoms with E-state index >= 15 is 0 Å². The molecule has 0 fully saturated rings. The molecule has 0 spiro atoms. The summed E-state index contributed by atoms with van der Waals surface area (Å²) in [5.74, 6) is 0.541. The molecular weight excluding hydrogens is 253 g/mol. The zero-order valence-electron chi connectivity index (χ0n) is 11.9. The van der Waals surface area contributed by atoms with Crippen LogP contribution in [0.4, 0.5) is 4.39 Å². The molecule has 0 bridgehead atoms. The van der Waals surface area contributed by atoms with Crippen LogP contribution in [0.2, 0.25) is 0 Å². The first-order valence-electron chi connectivity index (χ1n) is 6.86. The number of nitrogens with one attached hydrogen (secondary N) is 1. The lowest BCUT2D eigenvalue weighted by molar-refractivity contribution is 0.299. The van der Waals surface area contributed by atoms with Crippen LogP contribution >= 0.6 is 0 Å². The minimum absolute atomic E-state index is 0.224. The Morgan fingerprint density at radius 3 is 2.75 bits per heavy atom. The SMILES string of the molecule is CCNCc1ccc(F)c(COc2cccc(C)c2)c1. The Bertz CT molecular complexity index is 569. The minimum Gasteiger partial charge on any atom is -0.489 e. The summed E-state index contributed by atoms with van der Waals surface area (Å²) in [5, 5.41) is 3.23. The van der Waals surface area contributed by atoms with E-state index < -0.39 is 0 Å². The Labute approximate surface area is 119 Å². The second kappa shape index (κ2) is 7.06. The van der Waals surface area contributed by atoms with Crippen molar-refractivity contribution in [3.05, 3.63) is 65.0 Å². The van der Waals surface area contributed by atoms with Crippen molar-refractivity contribution < 1.29 is 9.13 Å². The number of rotatable bonds is 6. The molecule has 2 nitrogen and oxygen atoms in total. The van der Waals surface area contributed by atoms with E-state index in [0.29, 0.717) is 5.56 Å². The number of hydrogen-bond donors (Lipinski definition) is 1. The molecule has 2 aromatic rings. The van der Waals surface area contributed by atoms with Crippen molar-refractivity contribution in [1.29, 1.82) is 0 Å². The topological polar surface area (TPSA) is 21.3 Å². The molecule has 0 aliphatic heterocycles. The summed E-state index contributed by atoms with van der Waals surface area (Å²) in [5.41, 5.74) is 2.78. The van der Waals surface area contributed by atoms with E-state index in [1.807, 2.05) is 44.2 Å². The molecule has 106 valence electrons. The van der Waals surface area contributed by atoms with Gasteiger partial charge in [-0.3, -0.25) is 0 Å². The van der Waals surface area contributed by atoms with Crippen molar-refractivity contribution >= 4 is 0 Å². The van der Waals surface area contributed by atoms with Gasteiger partial charge in [0.1, 0.15) is 18.2 Å². The summed E-state index contributed by atoms with van der Waals surface area (Å²) in [6.45, 7) is 5.94. The molecule has 0 radical (unpaired) electrons. The summed E-state index contributed by atoms with van der Waals surface area (Å²) < 4.78 is 19.4. The lowest BCUT2D eigenvalue weighted by Gasteiger charge is -2.10. The van der Waals surface area contributed by atoms with Gasteiger partial charge in [-0.25, -0.2) is 4.39 Å². The quantitative estimate of drug-likeness (QED) is 0.864. The fourth-order valence-corrected chi connectivity index (χ4v) is 1.98. The van der Waals surface area contributed by atoms with Gasteiger partial charge in [0, 0.05) is 12.1 Å². The van der Waals surface area contributed by atoms with Gasteiger partial charge >= 0.3 is 0 Å². The van der Waals surface area contributed by atoms with E-state index in [1.165, 1.54) is 6.07 Å². The highest BCUT2D eigenvalue weighted by Gasteiger charge is 2.05. The van der Waals surface area contributed by atoms with Crippen LogP contribution in [0.3, 0.4) is 0 Å². The van der Waals surface area contributed by atoms with Crippen LogP contribution in [-0.2, 0) is 13.2 Å². The average molecular weight is 273 g/mol. The van der Waals surface area contributed by atoms with Crippen LogP contribution in [-0.4, -0.2) is 6.54 Å². The second-order valence-corrected chi connectivity index (χ2v) is 4.81. The van der Waals surface area contributed by atoms with Gasteiger partial charge in [-0.05, 0) is 48.9 Å². The van der Waals surface area contributed by atoms with Crippen molar-refractivity contribution in [1.82, 2.24) is 5.32 Å². The minimum atomic E-state index is -0.224. The molecule has 1 N–H and O–H groups in total. The predicted molar refractivity (Wildman–Crippen MR) is 79.3 cm³/mol. The van der Waals surface area contributed by atoms with Gasteiger partial charge in [-0.1, -0.05) is 25.1 Å². The predicted octanol–water partition coefficient (Wildman–Crippen LogP) is 3.82. The van der Waals surface area contributed by atoms with E-state index in [4.69, 9.17) is 4.74 Å². The van der Waals surface area contributed by atoms with Crippen molar-refractivity contribution in [2.24, 2.45) is 0 Å². The number of benzene rings is 2. The third kappa shape index (κ3) is 4.07. The molecule has 0 aliphatic rings. The molecule has 2 rings (SSSR count). The van der Waals surface area contributed by atoms with Crippen LogP contribution in [0.5, 0.6) is 5.75 Å². The van der Waals surface area contributed by atoms with E-state index in [-0.39, 0.29) is 12.4 Å². The third-order valence-corrected chi connectivity index (χ3v) is 3.07. The zero-order chi connectivity index (χ0) is 14.4. The molecule has 0 amide bonds. The van der Waals surface area contributed by atoms with Gasteiger partial charge < -0.3 is 10.1 Å². The Morgan fingerprint density at radius 1 is 1.15 bits per heavy atom. The summed E-state index contributed by atoms with van der Waals surface area (Å²) in [6.07, 6.45) is 0. The second-order valence-electron chi connectivity index (χ2n) is 4.81. The first-order valence-corrected chi connectivity index (χ1v) is 6.86. The van der Waals surface area contributed by atoms with Crippen molar-refractivity contribution in [2.45, 2.75) is 27.0 Å². The Kier molecular flexibility index (Phi) is 5.13. The summed E-state index contributed by atoms with van der Waals surface area (Å²) in [4.78, 5) is 0. The molecule has 0 heterocycles.